The molecule has 2 aromatic rings. The Morgan fingerprint density at radius 3 is 2.26 bits per heavy atom. The summed E-state index contributed by atoms with van der Waals surface area (Å²) in [5.41, 5.74) is 1.69. The molecule has 1 unspecified atom stereocenters. The summed E-state index contributed by atoms with van der Waals surface area (Å²) in [7, 11) is 0. The Bertz CT molecular complexity index is 867. The van der Waals surface area contributed by atoms with Crippen molar-refractivity contribution in [1.82, 2.24) is 0 Å². The fourth-order valence-electron chi connectivity index (χ4n) is 3.89. The summed E-state index contributed by atoms with van der Waals surface area (Å²) >= 11 is 12.0. The average molecular weight is 405 g/mol. The fourth-order valence-corrected chi connectivity index (χ4v) is 4.18. The molecule has 0 radical (unpaired) electrons. The maximum absolute atomic E-state index is 13.0. The molecule has 2 aliphatic heterocycles. The monoisotopic (exact) mass is 404 g/mol. The quantitative estimate of drug-likeness (QED) is 0.796. The Morgan fingerprint density at radius 2 is 1.59 bits per heavy atom. The molecule has 2 fully saturated rings. The predicted octanol–water partition coefficient (Wildman–Crippen LogP) is 2.03. The summed E-state index contributed by atoms with van der Waals surface area (Å²) in [5, 5.41) is 0.737. The summed E-state index contributed by atoms with van der Waals surface area (Å²) in [6, 6.07) is 14.8. The zero-order valence-electron chi connectivity index (χ0n) is 14.7. The Balaban J connectivity index is 1.45. The van der Waals surface area contributed by atoms with E-state index in [2.05, 4.69) is 17.0 Å². The van der Waals surface area contributed by atoms with Gasteiger partial charge in [-0.1, -0.05) is 41.4 Å². The van der Waals surface area contributed by atoms with Gasteiger partial charge in [0.1, 0.15) is 0 Å². The van der Waals surface area contributed by atoms with E-state index in [-0.39, 0.29) is 24.3 Å². The molecule has 2 amide bonds. The topological polar surface area (TPSA) is 45.1 Å². The molecule has 1 N–H and O–H groups in total. The highest BCUT2D eigenvalue weighted by atomic mass is 35.5. The van der Waals surface area contributed by atoms with E-state index in [9.17, 15) is 9.59 Å². The number of hydrogen-bond donors (Lipinski definition) is 1. The van der Waals surface area contributed by atoms with Gasteiger partial charge in [0.2, 0.25) is 5.91 Å². The van der Waals surface area contributed by atoms with Crippen LogP contribution in [-0.2, 0) is 9.59 Å². The number of piperazine rings is 1. The van der Waals surface area contributed by atoms with Crippen molar-refractivity contribution in [3.05, 3.63) is 58.6 Å². The van der Waals surface area contributed by atoms with Gasteiger partial charge >= 0.3 is 0 Å². The van der Waals surface area contributed by atoms with Crippen molar-refractivity contribution in [2.24, 2.45) is 0 Å². The van der Waals surface area contributed by atoms with Crippen LogP contribution < -0.4 is 14.7 Å². The van der Waals surface area contributed by atoms with E-state index >= 15 is 0 Å². The lowest BCUT2D eigenvalue weighted by molar-refractivity contribution is -0.915. The number of rotatable bonds is 3. The van der Waals surface area contributed by atoms with E-state index in [0.29, 0.717) is 15.7 Å². The molecule has 0 aromatic heterocycles. The van der Waals surface area contributed by atoms with Crippen molar-refractivity contribution in [1.29, 1.82) is 0 Å². The number of amides is 2. The largest absolute Gasteiger partial charge is 0.360 e. The van der Waals surface area contributed by atoms with E-state index in [4.69, 9.17) is 23.2 Å². The van der Waals surface area contributed by atoms with E-state index in [1.54, 1.807) is 18.2 Å². The van der Waals surface area contributed by atoms with Crippen LogP contribution in [0.15, 0.2) is 48.5 Å². The zero-order valence-corrected chi connectivity index (χ0v) is 16.2. The molecule has 0 aliphatic carbocycles. The molecule has 2 heterocycles. The molecule has 140 valence electrons. The molecule has 0 bridgehead atoms. The summed E-state index contributed by atoms with van der Waals surface area (Å²) in [4.78, 5) is 30.2. The van der Waals surface area contributed by atoms with E-state index < -0.39 is 0 Å². The van der Waals surface area contributed by atoms with Crippen LogP contribution in [0.1, 0.15) is 6.42 Å². The molecular formula is C20H20Cl2N3O2+. The van der Waals surface area contributed by atoms with Crippen LogP contribution in [0.2, 0.25) is 10.0 Å². The van der Waals surface area contributed by atoms with Crippen molar-refractivity contribution in [3.63, 3.8) is 0 Å². The average Bonchev–Trinajstić information content (AvgIpc) is 2.99. The number of halogens is 2. The fraction of sp³-hybridized carbons (Fsp3) is 0.300. The standard InChI is InChI=1S/C20H19Cl2N3O2/c21-16-7-6-15(12-17(16)22)25-19(26)13-18(20(25)27)24-10-8-23(9-11-24)14-4-2-1-3-5-14/h1-7,12,18H,8-11,13H2/p+1. The van der Waals surface area contributed by atoms with E-state index in [1.165, 1.54) is 15.5 Å². The zero-order chi connectivity index (χ0) is 19.0. The first kappa shape index (κ1) is 18.3. The molecule has 4 rings (SSSR count). The van der Waals surface area contributed by atoms with Crippen LogP contribution in [0.3, 0.4) is 0 Å². The van der Waals surface area contributed by atoms with Crippen molar-refractivity contribution in [3.8, 4) is 0 Å². The van der Waals surface area contributed by atoms with Gasteiger partial charge in [0.05, 0.1) is 48.3 Å². The highest BCUT2D eigenvalue weighted by molar-refractivity contribution is 6.42. The number of hydrogen-bond acceptors (Lipinski definition) is 3. The third-order valence-corrected chi connectivity index (χ3v) is 6.07. The first-order valence-electron chi connectivity index (χ1n) is 9.01. The number of nitrogens with zero attached hydrogens (tertiary/aromatic N) is 2. The van der Waals surface area contributed by atoms with E-state index in [0.717, 1.165) is 26.2 Å². The van der Waals surface area contributed by atoms with Crippen molar-refractivity contribution in [2.45, 2.75) is 12.5 Å². The Hall–Kier alpha value is -2.08. The van der Waals surface area contributed by atoms with Crippen LogP contribution in [0.4, 0.5) is 11.4 Å². The van der Waals surface area contributed by atoms with Crippen LogP contribution >= 0.6 is 23.2 Å². The van der Waals surface area contributed by atoms with Gasteiger partial charge < -0.3 is 9.80 Å². The number of quaternary nitrogens is 1. The lowest BCUT2D eigenvalue weighted by Gasteiger charge is -2.35. The smallest absolute Gasteiger partial charge is 0.292 e. The number of para-hydroxylation sites is 1. The maximum Gasteiger partial charge on any atom is 0.292 e. The van der Waals surface area contributed by atoms with Gasteiger partial charge in [0.25, 0.3) is 5.91 Å². The molecule has 5 nitrogen and oxygen atoms in total. The molecular weight excluding hydrogens is 385 g/mol. The second-order valence-corrected chi connectivity index (χ2v) is 7.72. The Morgan fingerprint density at radius 1 is 0.889 bits per heavy atom. The Kier molecular flexibility index (Phi) is 5.08. The summed E-state index contributed by atoms with van der Waals surface area (Å²) in [6.07, 6.45) is 0.236. The van der Waals surface area contributed by atoms with Crippen molar-refractivity contribution >= 4 is 46.4 Å². The van der Waals surface area contributed by atoms with Gasteiger partial charge in [-0.3, -0.25) is 9.59 Å². The number of nitrogens with one attached hydrogen (secondary N) is 1. The summed E-state index contributed by atoms with van der Waals surface area (Å²) in [5.74, 6) is -0.331. The minimum atomic E-state index is -0.329. The van der Waals surface area contributed by atoms with Gasteiger partial charge in [0, 0.05) is 5.69 Å². The van der Waals surface area contributed by atoms with Crippen LogP contribution in [0, 0.1) is 0 Å². The van der Waals surface area contributed by atoms with Gasteiger partial charge in [-0.2, -0.15) is 0 Å². The molecule has 2 aromatic carbocycles. The minimum absolute atomic E-state index is 0.151. The molecule has 0 saturated carbocycles. The van der Waals surface area contributed by atoms with Gasteiger partial charge in [-0.15, -0.1) is 0 Å². The summed E-state index contributed by atoms with van der Waals surface area (Å²) in [6.45, 7) is 3.38. The van der Waals surface area contributed by atoms with Crippen LogP contribution in [0.5, 0.6) is 0 Å². The summed E-state index contributed by atoms with van der Waals surface area (Å²) < 4.78 is 0. The molecule has 27 heavy (non-hydrogen) atoms. The van der Waals surface area contributed by atoms with Crippen LogP contribution in [0.25, 0.3) is 0 Å². The first-order valence-corrected chi connectivity index (χ1v) is 9.76. The molecule has 2 saturated heterocycles. The highest BCUT2D eigenvalue weighted by Crippen LogP contribution is 2.29. The first-order chi connectivity index (χ1) is 13.0. The van der Waals surface area contributed by atoms with Crippen LogP contribution in [-0.4, -0.2) is 44.0 Å². The SMILES string of the molecule is O=C1CC([NH+]2CCN(c3ccccc3)CC2)C(=O)N1c1ccc(Cl)c(Cl)c1. The van der Waals surface area contributed by atoms with Gasteiger partial charge in [-0.25, -0.2) is 4.90 Å². The Labute approximate surface area is 168 Å². The van der Waals surface area contributed by atoms with Gasteiger partial charge in [0.15, 0.2) is 6.04 Å². The molecule has 7 heteroatoms. The molecule has 1 atom stereocenters. The van der Waals surface area contributed by atoms with Gasteiger partial charge in [-0.05, 0) is 30.3 Å². The second-order valence-electron chi connectivity index (χ2n) is 6.90. The van der Waals surface area contributed by atoms with Crippen molar-refractivity contribution in [2.75, 3.05) is 36.0 Å². The highest BCUT2D eigenvalue weighted by Gasteiger charge is 2.46. The lowest BCUT2D eigenvalue weighted by atomic mass is 10.1. The lowest BCUT2D eigenvalue weighted by Crippen LogP contribution is -3.19. The second kappa shape index (κ2) is 7.50. The maximum atomic E-state index is 13.0. The molecule has 2 aliphatic rings. The third-order valence-electron chi connectivity index (χ3n) is 5.33. The third kappa shape index (κ3) is 3.55. The normalized spacial score (nSPS) is 21.2. The van der Waals surface area contributed by atoms with Crippen molar-refractivity contribution < 1.29 is 14.5 Å². The number of benzene rings is 2. The number of anilines is 2. The minimum Gasteiger partial charge on any atom is -0.360 e. The van der Waals surface area contributed by atoms with E-state index in [1.807, 2.05) is 18.2 Å². The molecule has 0 spiro atoms. The number of carbonyl (C=O) groups is 2. The number of imide groups is 1. The predicted molar refractivity (Wildman–Crippen MR) is 107 cm³/mol. The number of carbonyl (C=O) groups excluding carboxylic acids is 2.